The van der Waals surface area contributed by atoms with E-state index in [0.29, 0.717) is 31.0 Å². The Labute approximate surface area is 169 Å². The van der Waals surface area contributed by atoms with Gasteiger partial charge in [-0.3, -0.25) is 0 Å². The SMILES string of the molecule is C#CCCCn1c(Sc2cc3c(cc2Br)OCCO3)nc2c(N)nccc21. The molecule has 0 saturated heterocycles. The van der Waals surface area contributed by atoms with Crippen molar-refractivity contribution < 1.29 is 9.47 Å². The van der Waals surface area contributed by atoms with Gasteiger partial charge in [0.15, 0.2) is 22.5 Å². The van der Waals surface area contributed by atoms with Crippen molar-refractivity contribution in [1.82, 2.24) is 14.5 Å². The first-order chi connectivity index (χ1) is 13.2. The van der Waals surface area contributed by atoms with Crippen LogP contribution in [-0.2, 0) is 6.54 Å². The Morgan fingerprint density at radius 2 is 2.07 bits per heavy atom. The van der Waals surface area contributed by atoms with Crippen LogP contribution in [0, 0.1) is 12.3 Å². The Balaban J connectivity index is 1.74. The molecule has 27 heavy (non-hydrogen) atoms. The molecular weight excluding hydrogens is 428 g/mol. The van der Waals surface area contributed by atoms with Crippen LogP contribution in [0.25, 0.3) is 11.0 Å². The summed E-state index contributed by atoms with van der Waals surface area (Å²) in [4.78, 5) is 9.87. The maximum atomic E-state index is 6.03. The minimum atomic E-state index is 0.422. The van der Waals surface area contributed by atoms with Crippen LogP contribution in [0.1, 0.15) is 12.8 Å². The average Bonchev–Trinajstić information content (AvgIpc) is 3.01. The van der Waals surface area contributed by atoms with Crippen LogP contribution >= 0.6 is 27.7 Å². The predicted molar refractivity (Wildman–Crippen MR) is 109 cm³/mol. The molecule has 8 heteroatoms. The zero-order valence-electron chi connectivity index (χ0n) is 14.4. The quantitative estimate of drug-likeness (QED) is 0.471. The molecule has 0 saturated carbocycles. The second-order valence-corrected chi connectivity index (χ2v) is 7.81. The normalized spacial score (nSPS) is 12.9. The molecule has 3 heterocycles. The van der Waals surface area contributed by atoms with Crippen molar-refractivity contribution in [1.29, 1.82) is 0 Å². The van der Waals surface area contributed by atoms with Gasteiger partial charge in [-0.05, 0) is 40.5 Å². The third-order valence-electron chi connectivity index (χ3n) is 4.16. The van der Waals surface area contributed by atoms with E-state index >= 15 is 0 Å². The standard InChI is InChI=1S/C19H17BrN4O2S/c1-2-3-4-7-24-13-5-6-22-18(21)17(13)23-19(24)27-16-11-15-14(10-12(16)20)25-8-9-26-15/h1,5-6,10-11H,3-4,7-9H2,(H2,21,22). The highest BCUT2D eigenvalue weighted by atomic mass is 79.9. The number of anilines is 1. The minimum absolute atomic E-state index is 0.422. The lowest BCUT2D eigenvalue weighted by Gasteiger charge is -2.19. The van der Waals surface area contributed by atoms with Gasteiger partial charge in [0.05, 0.1) is 5.52 Å². The summed E-state index contributed by atoms with van der Waals surface area (Å²) in [6.45, 7) is 1.86. The number of unbranched alkanes of at least 4 members (excludes halogenated alkanes) is 1. The predicted octanol–water partition coefficient (Wildman–Crippen LogP) is 4.11. The van der Waals surface area contributed by atoms with E-state index in [1.54, 1.807) is 18.0 Å². The largest absolute Gasteiger partial charge is 0.486 e. The summed E-state index contributed by atoms with van der Waals surface area (Å²) in [5.74, 6) is 4.59. The smallest absolute Gasteiger partial charge is 0.174 e. The number of hydrogen-bond donors (Lipinski definition) is 1. The summed E-state index contributed by atoms with van der Waals surface area (Å²) in [5.41, 5.74) is 7.69. The molecule has 138 valence electrons. The highest BCUT2D eigenvalue weighted by Gasteiger charge is 2.19. The number of rotatable bonds is 5. The molecule has 0 atom stereocenters. The van der Waals surface area contributed by atoms with E-state index in [2.05, 4.69) is 31.4 Å². The lowest BCUT2D eigenvalue weighted by molar-refractivity contribution is 0.171. The van der Waals surface area contributed by atoms with Crippen LogP contribution in [0.5, 0.6) is 11.5 Å². The van der Waals surface area contributed by atoms with Gasteiger partial charge in [-0.2, -0.15) is 0 Å². The summed E-state index contributed by atoms with van der Waals surface area (Å²) < 4.78 is 14.4. The second-order valence-electron chi connectivity index (χ2n) is 5.95. The van der Waals surface area contributed by atoms with Gasteiger partial charge in [0.2, 0.25) is 0 Å². The number of nitrogen functional groups attached to an aromatic ring is 1. The van der Waals surface area contributed by atoms with E-state index in [1.807, 2.05) is 18.2 Å². The number of terminal acetylenes is 1. The maximum absolute atomic E-state index is 6.03. The molecule has 0 aliphatic carbocycles. The topological polar surface area (TPSA) is 75.2 Å². The number of aromatic nitrogens is 3. The van der Waals surface area contributed by atoms with Crippen LogP contribution in [0.3, 0.4) is 0 Å². The molecule has 1 aliphatic heterocycles. The fourth-order valence-electron chi connectivity index (χ4n) is 2.91. The molecule has 0 fully saturated rings. The molecular formula is C19H17BrN4O2S. The number of pyridine rings is 1. The minimum Gasteiger partial charge on any atom is -0.486 e. The van der Waals surface area contributed by atoms with Crippen LogP contribution in [-0.4, -0.2) is 27.7 Å². The van der Waals surface area contributed by atoms with Crippen LogP contribution in [0.2, 0.25) is 0 Å². The highest BCUT2D eigenvalue weighted by molar-refractivity contribution is 9.10. The summed E-state index contributed by atoms with van der Waals surface area (Å²) >= 11 is 5.16. The van der Waals surface area contributed by atoms with Gasteiger partial charge in [0.1, 0.15) is 18.7 Å². The number of nitrogens with zero attached hydrogens (tertiary/aromatic N) is 3. The first kappa shape index (κ1) is 18.0. The van der Waals surface area contributed by atoms with Gasteiger partial charge in [0, 0.05) is 28.5 Å². The molecule has 2 aromatic heterocycles. The molecule has 0 spiro atoms. The number of aryl methyl sites for hydroxylation is 1. The number of hydrogen-bond acceptors (Lipinski definition) is 6. The van der Waals surface area contributed by atoms with Crippen molar-refractivity contribution in [3.63, 3.8) is 0 Å². The zero-order valence-corrected chi connectivity index (χ0v) is 16.8. The fraction of sp³-hybridized carbons (Fsp3) is 0.263. The number of fused-ring (bicyclic) bond motifs is 2. The van der Waals surface area contributed by atoms with E-state index in [9.17, 15) is 0 Å². The van der Waals surface area contributed by atoms with Crippen molar-refractivity contribution in [3.05, 3.63) is 28.9 Å². The molecule has 0 radical (unpaired) electrons. The van der Waals surface area contributed by atoms with E-state index in [1.165, 1.54) is 0 Å². The fourth-order valence-corrected chi connectivity index (χ4v) is 4.43. The van der Waals surface area contributed by atoms with Gasteiger partial charge in [0.25, 0.3) is 0 Å². The molecule has 0 unspecified atom stereocenters. The molecule has 6 nitrogen and oxygen atoms in total. The van der Waals surface area contributed by atoms with Gasteiger partial charge in [-0.15, -0.1) is 12.3 Å². The van der Waals surface area contributed by atoms with E-state index in [4.69, 9.17) is 26.6 Å². The number of ether oxygens (including phenoxy) is 2. The van der Waals surface area contributed by atoms with Gasteiger partial charge >= 0.3 is 0 Å². The number of imidazole rings is 1. The van der Waals surface area contributed by atoms with Crippen LogP contribution in [0.4, 0.5) is 5.82 Å². The van der Waals surface area contributed by atoms with Gasteiger partial charge < -0.3 is 19.8 Å². The first-order valence-corrected chi connectivity index (χ1v) is 10.1. The first-order valence-electron chi connectivity index (χ1n) is 8.48. The van der Waals surface area contributed by atoms with E-state index in [0.717, 1.165) is 44.5 Å². The van der Waals surface area contributed by atoms with Gasteiger partial charge in [-0.25, -0.2) is 9.97 Å². The third-order valence-corrected chi connectivity index (χ3v) is 6.13. The van der Waals surface area contributed by atoms with Crippen molar-refractivity contribution in [2.24, 2.45) is 0 Å². The number of nitrogens with two attached hydrogens (primary N) is 1. The van der Waals surface area contributed by atoms with Crippen LogP contribution < -0.4 is 15.2 Å². The van der Waals surface area contributed by atoms with Crippen LogP contribution in [0.15, 0.2) is 38.9 Å². The lowest BCUT2D eigenvalue weighted by Crippen LogP contribution is -2.15. The van der Waals surface area contributed by atoms with Crippen molar-refractivity contribution in [3.8, 4) is 23.8 Å². The maximum Gasteiger partial charge on any atom is 0.174 e. The molecule has 1 aromatic carbocycles. The van der Waals surface area contributed by atoms with Crippen molar-refractivity contribution in [2.45, 2.75) is 29.4 Å². The Hall–Kier alpha value is -2.37. The Morgan fingerprint density at radius 3 is 2.85 bits per heavy atom. The number of halogens is 1. The summed E-state index contributed by atoms with van der Waals surface area (Å²) in [6.07, 6.45) is 8.68. The molecule has 3 aromatic rings. The number of benzene rings is 1. The monoisotopic (exact) mass is 444 g/mol. The molecule has 0 bridgehead atoms. The van der Waals surface area contributed by atoms with Gasteiger partial charge in [-0.1, -0.05) is 11.8 Å². The van der Waals surface area contributed by atoms with Crippen molar-refractivity contribution in [2.75, 3.05) is 18.9 Å². The molecule has 0 amide bonds. The van der Waals surface area contributed by atoms with E-state index in [-0.39, 0.29) is 0 Å². The van der Waals surface area contributed by atoms with E-state index < -0.39 is 0 Å². The van der Waals surface area contributed by atoms with Crippen molar-refractivity contribution >= 4 is 44.5 Å². The third kappa shape index (κ3) is 3.57. The summed E-state index contributed by atoms with van der Waals surface area (Å²) in [7, 11) is 0. The Kier molecular flexibility index (Phi) is 5.14. The summed E-state index contributed by atoms with van der Waals surface area (Å²) in [5, 5.41) is 0.832. The Bertz CT molecular complexity index is 1040. The highest BCUT2D eigenvalue weighted by Crippen LogP contribution is 2.42. The summed E-state index contributed by atoms with van der Waals surface area (Å²) in [6, 6.07) is 5.82. The second kappa shape index (κ2) is 7.71. The zero-order chi connectivity index (χ0) is 18.8. The molecule has 1 aliphatic rings. The average molecular weight is 445 g/mol. The molecule has 2 N–H and O–H groups in total. The molecule has 4 rings (SSSR count). The lowest BCUT2D eigenvalue weighted by atomic mass is 10.3. The Morgan fingerprint density at radius 1 is 1.30 bits per heavy atom.